The van der Waals surface area contributed by atoms with E-state index in [0.717, 1.165) is 19.3 Å². The molecule has 110 valence electrons. The molecule has 2 rings (SSSR count). The van der Waals surface area contributed by atoms with Crippen molar-refractivity contribution < 1.29 is 9.90 Å². The van der Waals surface area contributed by atoms with Crippen LogP contribution in [0.1, 0.15) is 30.9 Å². The Kier molecular flexibility index (Phi) is 5.27. The fourth-order valence-corrected chi connectivity index (χ4v) is 3.22. The van der Waals surface area contributed by atoms with Crippen molar-refractivity contribution in [1.29, 1.82) is 0 Å². The van der Waals surface area contributed by atoms with E-state index in [-0.39, 0.29) is 24.4 Å². The summed E-state index contributed by atoms with van der Waals surface area (Å²) in [4.78, 5) is 12.0. The third-order valence-electron chi connectivity index (χ3n) is 3.71. The van der Waals surface area contributed by atoms with Crippen LogP contribution in [0.15, 0.2) is 18.2 Å². The van der Waals surface area contributed by atoms with Gasteiger partial charge < -0.3 is 16.2 Å². The summed E-state index contributed by atoms with van der Waals surface area (Å²) in [6.45, 7) is 0.0749. The van der Waals surface area contributed by atoms with Crippen LogP contribution in [0.5, 0.6) is 0 Å². The predicted molar refractivity (Wildman–Crippen MR) is 79.7 cm³/mol. The van der Waals surface area contributed by atoms with Gasteiger partial charge >= 0.3 is 0 Å². The second kappa shape index (κ2) is 6.76. The summed E-state index contributed by atoms with van der Waals surface area (Å²) in [6.07, 6.45) is 1.71. The zero-order chi connectivity index (χ0) is 14.7. The van der Waals surface area contributed by atoms with Gasteiger partial charge in [0.1, 0.15) is 0 Å². The van der Waals surface area contributed by atoms with Crippen molar-refractivity contribution in [2.24, 2.45) is 11.7 Å². The summed E-state index contributed by atoms with van der Waals surface area (Å²) in [7, 11) is 0. The molecule has 0 aliphatic heterocycles. The van der Waals surface area contributed by atoms with E-state index in [1.54, 1.807) is 18.2 Å². The SMILES string of the molecule is NC1CCCC1C(=O)NCC(O)c1c(Cl)cccc1Cl. The maximum Gasteiger partial charge on any atom is 0.224 e. The van der Waals surface area contributed by atoms with E-state index in [2.05, 4.69) is 5.32 Å². The van der Waals surface area contributed by atoms with Gasteiger partial charge in [-0.1, -0.05) is 35.7 Å². The number of halogens is 2. The highest BCUT2D eigenvalue weighted by atomic mass is 35.5. The number of carbonyl (C=O) groups excluding carboxylic acids is 1. The zero-order valence-electron chi connectivity index (χ0n) is 11.0. The molecule has 0 radical (unpaired) electrons. The maximum absolute atomic E-state index is 12.0. The minimum atomic E-state index is -0.933. The molecule has 6 heteroatoms. The Balaban J connectivity index is 1.95. The van der Waals surface area contributed by atoms with Crippen LogP contribution in [0.2, 0.25) is 10.0 Å². The lowest BCUT2D eigenvalue weighted by Crippen LogP contribution is -2.40. The van der Waals surface area contributed by atoms with Crippen molar-refractivity contribution in [3.63, 3.8) is 0 Å². The number of amides is 1. The van der Waals surface area contributed by atoms with Crippen LogP contribution < -0.4 is 11.1 Å². The smallest absolute Gasteiger partial charge is 0.224 e. The van der Waals surface area contributed by atoms with E-state index in [0.29, 0.717) is 15.6 Å². The molecule has 4 nitrogen and oxygen atoms in total. The van der Waals surface area contributed by atoms with Crippen molar-refractivity contribution in [3.8, 4) is 0 Å². The molecule has 1 fully saturated rings. The topological polar surface area (TPSA) is 75.4 Å². The zero-order valence-corrected chi connectivity index (χ0v) is 12.5. The molecule has 0 heterocycles. The summed E-state index contributed by atoms with van der Waals surface area (Å²) >= 11 is 12.0. The number of aliphatic hydroxyl groups excluding tert-OH is 1. The van der Waals surface area contributed by atoms with E-state index >= 15 is 0 Å². The molecule has 4 N–H and O–H groups in total. The number of benzene rings is 1. The lowest BCUT2D eigenvalue weighted by molar-refractivity contribution is -0.125. The van der Waals surface area contributed by atoms with Crippen LogP contribution in [-0.4, -0.2) is 23.6 Å². The largest absolute Gasteiger partial charge is 0.386 e. The van der Waals surface area contributed by atoms with Gasteiger partial charge in [-0.15, -0.1) is 0 Å². The lowest BCUT2D eigenvalue weighted by atomic mass is 10.0. The Morgan fingerprint density at radius 2 is 2.05 bits per heavy atom. The van der Waals surface area contributed by atoms with Crippen LogP contribution in [0.3, 0.4) is 0 Å². The quantitative estimate of drug-likeness (QED) is 0.797. The van der Waals surface area contributed by atoms with Gasteiger partial charge in [-0.2, -0.15) is 0 Å². The molecule has 0 spiro atoms. The van der Waals surface area contributed by atoms with Crippen molar-refractivity contribution in [3.05, 3.63) is 33.8 Å². The standard InChI is InChI=1S/C14H18Cl2N2O2/c15-9-4-2-5-10(16)13(9)12(19)7-18-14(20)8-3-1-6-11(8)17/h2,4-5,8,11-12,19H,1,3,6-7,17H2,(H,18,20). The van der Waals surface area contributed by atoms with Gasteiger partial charge in [0.2, 0.25) is 5.91 Å². The third kappa shape index (κ3) is 3.44. The van der Waals surface area contributed by atoms with E-state index in [1.807, 2.05) is 0 Å². The molecule has 0 aromatic heterocycles. The summed E-state index contributed by atoms with van der Waals surface area (Å²) in [5.74, 6) is -0.277. The Labute approximate surface area is 128 Å². The first-order valence-electron chi connectivity index (χ1n) is 6.66. The molecular formula is C14H18Cl2N2O2. The van der Waals surface area contributed by atoms with E-state index < -0.39 is 6.10 Å². The van der Waals surface area contributed by atoms with E-state index in [4.69, 9.17) is 28.9 Å². The molecule has 20 heavy (non-hydrogen) atoms. The van der Waals surface area contributed by atoms with Crippen LogP contribution in [0.25, 0.3) is 0 Å². The molecule has 3 atom stereocenters. The van der Waals surface area contributed by atoms with Gasteiger partial charge in [0, 0.05) is 28.2 Å². The normalized spacial score (nSPS) is 23.6. The number of hydrogen-bond donors (Lipinski definition) is 3. The average molecular weight is 317 g/mol. The highest BCUT2D eigenvalue weighted by molar-refractivity contribution is 6.36. The van der Waals surface area contributed by atoms with Gasteiger partial charge in [0.05, 0.1) is 12.0 Å². The molecule has 0 bridgehead atoms. The van der Waals surface area contributed by atoms with Crippen molar-refractivity contribution in [2.45, 2.75) is 31.4 Å². The highest BCUT2D eigenvalue weighted by Gasteiger charge is 2.30. The molecule has 0 saturated heterocycles. The van der Waals surface area contributed by atoms with Gasteiger partial charge in [-0.3, -0.25) is 4.79 Å². The fraction of sp³-hybridized carbons (Fsp3) is 0.500. The molecule has 1 aliphatic rings. The average Bonchev–Trinajstić information content (AvgIpc) is 2.82. The van der Waals surface area contributed by atoms with Gasteiger partial charge in [-0.05, 0) is 25.0 Å². The highest BCUT2D eigenvalue weighted by Crippen LogP contribution is 2.30. The first-order chi connectivity index (χ1) is 9.50. The van der Waals surface area contributed by atoms with Gasteiger partial charge in [0.25, 0.3) is 0 Å². The minimum Gasteiger partial charge on any atom is -0.386 e. The Morgan fingerprint density at radius 1 is 1.40 bits per heavy atom. The Hall–Kier alpha value is -0.810. The third-order valence-corrected chi connectivity index (χ3v) is 4.37. The summed E-state index contributed by atoms with van der Waals surface area (Å²) in [6, 6.07) is 4.93. The van der Waals surface area contributed by atoms with E-state index in [1.165, 1.54) is 0 Å². The predicted octanol–water partition coefficient (Wildman–Crippen LogP) is 2.27. The van der Waals surface area contributed by atoms with Gasteiger partial charge in [0.15, 0.2) is 0 Å². The summed E-state index contributed by atoms with van der Waals surface area (Å²) in [5, 5.41) is 13.6. The molecule has 1 aromatic carbocycles. The molecule has 1 saturated carbocycles. The van der Waals surface area contributed by atoms with Crippen molar-refractivity contribution in [2.75, 3.05) is 6.54 Å². The van der Waals surface area contributed by atoms with Crippen LogP contribution in [0, 0.1) is 5.92 Å². The number of rotatable bonds is 4. The number of aliphatic hydroxyl groups is 1. The van der Waals surface area contributed by atoms with Crippen LogP contribution in [-0.2, 0) is 4.79 Å². The molecule has 1 aliphatic carbocycles. The van der Waals surface area contributed by atoms with Crippen LogP contribution in [0.4, 0.5) is 0 Å². The maximum atomic E-state index is 12.0. The second-order valence-electron chi connectivity index (χ2n) is 5.10. The lowest BCUT2D eigenvalue weighted by Gasteiger charge is -2.18. The van der Waals surface area contributed by atoms with Crippen LogP contribution >= 0.6 is 23.2 Å². The first-order valence-corrected chi connectivity index (χ1v) is 7.41. The number of hydrogen-bond acceptors (Lipinski definition) is 3. The van der Waals surface area contributed by atoms with Crippen molar-refractivity contribution >= 4 is 29.1 Å². The molecule has 3 unspecified atom stereocenters. The summed E-state index contributed by atoms with van der Waals surface area (Å²) in [5.41, 5.74) is 6.32. The fourth-order valence-electron chi connectivity index (χ4n) is 2.57. The molecule has 1 aromatic rings. The number of nitrogens with two attached hydrogens (primary N) is 1. The number of carbonyl (C=O) groups is 1. The van der Waals surface area contributed by atoms with Gasteiger partial charge in [-0.25, -0.2) is 0 Å². The second-order valence-corrected chi connectivity index (χ2v) is 5.91. The molecular weight excluding hydrogens is 299 g/mol. The van der Waals surface area contributed by atoms with Crippen molar-refractivity contribution in [1.82, 2.24) is 5.32 Å². The van der Waals surface area contributed by atoms with E-state index in [9.17, 15) is 9.90 Å². The first kappa shape index (κ1) is 15.6. The minimum absolute atomic E-state index is 0.0749. The Morgan fingerprint density at radius 3 is 2.60 bits per heavy atom. The monoisotopic (exact) mass is 316 g/mol. The summed E-state index contributed by atoms with van der Waals surface area (Å²) < 4.78 is 0. The molecule has 1 amide bonds. The Bertz CT molecular complexity index is 476. The number of nitrogens with one attached hydrogen (secondary N) is 1.